The number of ether oxygens (including phenoxy) is 2. The summed E-state index contributed by atoms with van der Waals surface area (Å²) in [4.78, 5) is 21.0. The molecule has 114 valence electrons. The van der Waals surface area contributed by atoms with Crippen LogP contribution in [0.25, 0.3) is 0 Å². The van der Waals surface area contributed by atoms with Gasteiger partial charge in [0.1, 0.15) is 11.7 Å². The fourth-order valence-corrected chi connectivity index (χ4v) is 1.66. The monoisotopic (exact) mass is 295 g/mol. The Balaban J connectivity index is 1.79. The Morgan fingerprint density at radius 2 is 1.90 bits per heavy atom. The molecule has 0 spiro atoms. The van der Waals surface area contributed by atoms with Gasteiger partial charge in [-0.1, -0.05) is 0 Å². The highest BCUT2D eigenvalue weighted by Crippen LogP contribution is 2.17. The average molecular weight is 295 g/mol. The van der Waals surface area contributed by atoms with Crippen LogP contribution in [0.1, 0.15) is 20.8 Å². The number of carbonyl (C=O) groups excluding carboxylic acids is 1. The van der Waals surface area contributed by atoms with Crippen LogP contribution >= 0.6 is 0 Å². The number of nitrogens with zero attached hydrogens (tertiary/aromatic N) is 3. The van der Waals surface area contributed by atoms with Crippen molar-refractivity contribution in [3.8, 4) is 6.01 Å². The van der Waals surface area contributed by atoms with Gasteiger partial charge in [-0.05, 0) is 20.8 Å². The quantitative estimate of drug-likeness (QED) is 0.700. The number of hydrogen-bond acceptors (Lipinski definition) is 7. The SMILES string of the molecule is CC(C)(C)OC(=O)N1CC(Oc2ncc(B(O)O)cn2)C1. The highest BCUT2D eigenvalue weighted by atomic mass is 16.6. The van der Waals surface area contributed by atoms with Crippen LogP contribution in [0.3, 0.4) is 0 Å². The molecule has 0 atom stereocenters. The van der Waals surface area contributed by atoms with Gasteiger partial charge in [-0.15, -0.1) is 0 Å². The highest BCUT2D eigenvalue weighted by Gasteiger charge is 2.35. The van der Waals surface area contributed by atoms with Crippen LogP contribution < -0.4 is 10.2 Å². The Labute approximate surface area is 122 Å². The molecule has 0 radical (unpaired) electrons. The maximum atomic E-state index is 11.7. The molecule has 1 amide bonds. The molecule has 0 saturated carbocycles. The summed E-state index contributed by atoms with van der Waals surface area (Å²) in [6.07, 6.45) is 1.98. The Morgan fingerprint density at radius 1 is 1.33 bits per heavy atom. The molecule has 2 rings (SSSR count). The zero-order valence-electron chi connectivity index (χ0n) is 12.2. The van der Waals surface area contributed by atoms with Gasteiger partial charge in [-0.25, -0.2) is 14.8 Å². The molecule has 1 aromatic heterocycles. The van der Waals surface area contributed by atoms with Crippen LogP contribution in [0.4, 0.5) is 4.79 Å². The van der Waals surface area contributed by atoms with Crippen LogP contribution in [0, 0.1) is 0 Å². The van der Waals surface area contributed by atoms with Crippen LogP contribution in [-0.4, -0.2) is 62.9 Å². The van der Waals surface area contributed by atoms with E-state index in [0.717, 1.165) is 0 Å². The molecule has 1 saturated heterocycles. The van der Waals surface area contributed by atoms with Gasteiger partial charge in [-0.3, -0.25) is 0 Å². The molecule has 1 fully saturated rings. The van der Waals surface area contributed by atoms with E-state index < -0.39 is 12.7 Å². The molecule has 21 heavy (non-hydrogen) atoms. The summed E-state index contributed by atoms with van der Waals surface area (Å²) < 4.78 is 10.7. The van der Waals surface area contributed by atoms with Gasteiger partial charge in [0, 0.05) is 17.9 Å². The van der Waals surface area contributed by atoms with E-state index in [1.807, 2.05) is 20.8 Å². The normalized spacial score (nSPS) is 15.4. The minimum Gasteiger partial charge on any atom is -0.456 e. The number of rotatable bonds is 3. The van der Waals surface area contributed by atoms with Crippen molar-refractivity contribution >= 4 is 18.7 Å². The van der Waals surface area contributed by atoms with E-state index in [1.54, 1.807) is 0 Å². The molecule has 2 N–H and O–H groups in total. The van der Waals surface area contributed by atoms with Crippen molar-refractivity contribution in [1.29, 1.82) is 0 Å². The Bertz CT molecular complexity index is 497. The third-order valence-electron chi connectivity index (χ3n) is 2.72. The average Bonchev–Trinajstić information content (AvgIpc) is 2.31. The largest absolute Gasteiger partial charge is 0.491 e. The summed E-state index contributed by atoms with van der Waals surface area (Å²) in [5.74, 6) is 0. The van der Waals surface area contributed by atoms with E-state index in [1.165, 1.54) is 17.3 Å². The smallest absolute Gasteiger partial charge is 0.456 e. The lowest BCUT2D eigenvalue weighted by Crippen LogP contribution is -2.57. The second kappa shape index (κ2) is 5.86. The summed E-state index contributed by atoms with van der Waals surface area (Å²) in [7, 11) is -1.61. The molecular formula is C12H18BN3O5. The first-order valence-corrected chi connectivity index (χ1v) is 6.57. The van der Waals surface area contributed by atoms with E-state index in [0.29, 0.717) is 13.1 Å². The molecule has 9 heteroatoms. The summed E-state index contributed by atoms with van der Waals surface area (Å²) in [5.41, 5.74) is -0.334. The molecular weight excluding hydrogens is 277 g/mol. The third kappa shape index (κ3) is 4.30. The molecule has 0 unspecified atom stereocenters. The molecule has 2 heterocycles. The molecule has 8 nitrogen and oxygen atoms in total. The van der Waals surface area contributed by atoms with Crippen molar-refractivity contribution in [2.75, 3.05) is 13.1 Å². The van der Waals surface area contributed by atoms with Gasteiger partial charge in [0.2, 0.25) is 0 Å². The predicted octanol–water partition coefficient (Wildman–Crippen LogP) is -0.845. The molecule has 0 bridgehead atoms. The second-order valence-electron chi connectivity index (χ2n) is 5.80. The minimum atomic E-state index is -1.61. The van der Waals surface area contributed by atoms with Crippen molar-refractivity contribution < 1.29 is 24.3 Å². The van der Waals surface area contributed by atoms with Gasteiger partial charge in [0.15, 0.2) is 0 Å². The Hall–Kier alpha value is -1.87. The van der Waals surface area contributed by atoms with E-state index in [-0.39, 0.29) is 23.7 Å². The zero-order chi connectivity index (χ0) is 15.6. The van der Waals surface area contributed by atoms with Crippen molar-refractivity contribution in [2.24, 2.45) is 0 Å². The Kier molecular flexibility index (Phi) is 4.33. The lowest BCUT2D eigenvalue weighted by Gasteiger charge is -2.38. The Morgan fingerprint density at radius 3 is 2.38 bits per heavy atom. The number of hydrogen-bond donors (Lipinski definition) is 2. The lowest BCUT2D eigenvalue weighted by atomic mass is 9.83. The second-order valence-corrected chi connectivity index (χ2v) is 5.80. The summed E-state index contributed by atoms with van der Waals surface area (Å²) >= 11 is 0. The van der Waals surface area contributed by atoms with Crippen LogP contribution in [0.15, 0.2) is 12.4 Å². The first-order chi connectivity index (χ1) is 9.74. The molecule has 1 aliphatic rings. The van der Waals surface area contributed by atoms with Gasteiger partial charge >= 0.3 is 19.2 Å². The predicted molar refractivity (Wildman–Crippen MR) is 74.1 cm³/mol. The topological polar surface area (TPSA) is 105 Å². The van der Waals surface area contributed by atoms with Crippen LogP contribution in [0.5, 0.6) is 6.01 Å². The molecule has 1 aliphatic heterocycles. The zero-order valence-corrected chi connectivity index (χ0v) is 12.2. The van der Waals surface area contributed by atoms with Gasteiger partial charge in [0.05, 0.1) is 13.1 Å². The maximum Gasteiger partial charge on any atom is 0.491 e. The molecule has 0 aromatic carbocycles. The maximum absolute atomic E-state index is 11.7. The number of aromatic nitrogens is 2. The van der Waals surface area contributed by atoms with Gasteiger partial charge < -0.3 is 24.4 Å². The van der Waals surface area contributed by atoms with Crippen molar-refractivity contribution in [3.05, 3.63) is 12.4 Å². The minimum absolute atomic E-state index is 0.133. The van der Waals surface area contributed by atoms with E-state index in [4.69, 9.17) is 19.5 Å². The van der Waals surface area contributed by atoms with Crippen molar-refractivity contribution in [1.82, 2.24) is 14.9 Å². The molecule has 0 aliphatic carbocycles. The van der Waals surface area contributed by atoms with Crippen LogP contribution in [-0.2, 0) is 4.74 Å². The molecule has 1 aromatic rings. The fraction of sp³-hybridized carbons (Fsp3) is 0.583. The summed E-state index contributed by atoms with van der Waals surface area (Å²) in [5, 5.41) is 17.8. The summed E-state index contributed by atoms with van der Waals surface area (Å²) in [6, 6.07) is 0.133. The standard InChI is InChI=1S/C12H18BN3O5/c1-12(2,3)21-11(17)16-6-9(7-16)20-10-14-4-8(5-15-10)13(18)19/h4-5,9,18-19H,6-7H2,1-3H3. The highest BCUT2D eigenvalue weighted by molar-refractivity contribution is 6.58. The van der Waals surface area contributed by atoms with E-state index >= 15 is 0 Å². The first-order valence-electron chi connectivity index (χ1n) is 6.57. The third-order valence-corrected chi connectivity index (χ3v) is 2.72. The van der Waals surface area contributed by atoms with E-state index in [2.05, 4.69) is 9.97 Å². The van der Waals surface area contributed by atoms with Gasteiger partial charge in [-0.2, -0.15) is 0 Å². The van der Waals surface area contributed by atoms with E-state index in [9.17, 15) is 4.79 Å². The number of amides is 1. The number of carbonyl (C=O) groups is 1. The van der Waals surface area contributed by atoms with Crippen LogP contribution in [0.2, 0.25) is 0 Å². The first kappa shape index (κ1) is 15.5. The van der Waals surface area contributed by atoms with Gasteiger partial charge in [0.25, 0.3) is 0 Å². The lowest BCUT2D eigenvalue weighted by molar-refractivity contribution is -0.0244. The summed E-state index contributed by atoms with van der Waals surface area (Å²) in [6.45, 7) is 6.24. The fourth-order valence-electron chi connectivity index (χ4n) is 1.66. The van der Waals surface area contributed by atoms with Crippen molar-refractivity contribution in [3.63, 3.8) is 0 Å². The number of likely N-dealkylation sites (tertiary alicyclic amines) is 1. The van der Waals surface area contributed by atoms with Crippen molar-refractivity contribution in [2.45, 2.75) is 32.5 Å².